The molecule has 2 aliphatic carbocycles. The van der Waals surface area contributed by atoms with Crippen molar-refractivity contribution in [2.75, 3.05) is 0 Å². The zero-order valence-corrected chi connectivity index (χ0v) is 21.3. The number of carboxylic acid groups (broad SMARTS) is 1. The van der Waals surface area contributed by atoms with Crippen molar-refractivity contribution in [3.05, 3.63) is 34.2 Å². The number of aliphatic carboxylic acids is 1. The zero-order valence-electron chi connectivity index (χ0n) is 20.5. The number of ether oxygens (including phenoxy) is 1. The van der Waals surface area contributed by atoms with Gasteiger partial charge in [0.1, 0.15) is 5.75 Å². The first-order valence-electron chi connectivity index (χ1n) is 12.7. The van der Waals surface area contributed by atoms with Crippen LogP contribution in [0.15, 0.2) is 23.1 Å². The molecule has 3 aliphatic rings. The van der Waals surface area contributed by atoms with E-state index in [0.29, 0.717) is 46.5 Å². The molecule has 0 atom stereocenters. The van der Waals surface area contributed by atoms with E-state index in [1.807, 2.05) is 0 Å². The summed E-state index contributed by atoms with van der Waals surface area (Å²) in [6.07, 6.45) is 14.1. The summed E-state index contributed by atoms with van der Waals surface area (Å²) < 4.78 is 5.44. The van der Waals surface area contributed by atoms with E-state index in [-0.39, 0.29) is 12.6 Å². The molecule has 2 saturated carbocycles. The van der Waals surface area contributed by atoms with Crippen molar-refractivity contribution in [3.63, 3.8) is 0 Å². The van der Waals surface area contributed by atoms with E-state index in [2.05, 4.69) is 5.32 Å². The average molecular weight is 518 g/mol. The summed E-state index contributed by atoms with van der Waals surface area (Å²) in [6, 6.07) is 4.94. The van der Waals surface area contributed by atoms with E-state index in [9.17, 15) is 24.3 Å². The van der Waals surface area contributed by atoms with Crippen LogP contribution < -0.4 is 10.1 Å². The number of aliphatic hydroxyl groups is 1. The number of amides is 2. The van der Waals surface area contributed by atoms with Gasteiger partial charge in [0.15, 0.2) is 0 Å². The Bertz CT molecular complexity index is 978. The minimum Gasteiger partial charge on any atom is -0.481 e. The van der Waals surface area contributed by atoms with Crippen LogP contribution in [0.3, 0.4) is 0 Å². The number of esters is 1. The molecule has 0 spiro atoms. The van der Waals surface area contributed by atoms with Crippen LogP contribution in [0.2, 0.25) is 0 Å². The fraction of sp³-hybridized carbons (Fsp3) is 0.556. The summed E-state index contributed by atoms with van der Waals surface area (Å²) in [4.78, 5) is 45.6. The zero-order chi connectivity index (χ0) is 25.9. The number of hydrogen-bond acceptors (Lipinski definition) is 7. The topological polar surface area (TPSA) is 130 Å². The Kier molecular flexibility index (Phi) is 11.0. The highest BCUT2D eigenvalue weighted by Crippen LogP contribution is 2.30. The van der Waals surface area contributed by atoms with Gasteiger partial charge in [-0.1, -0.05) is 44.6 Å². The minimum absolute atomic E-state index is 0.283. The number of imide groups is 1. The van der Waals surface area contributed by atoms with Crippen LogP contribution >= 0.6 is 11.8 Å². The first-order chi connectivity index (χ1) is 17.3. The number of rotatable bonds is 7. The van der Waals surface area contributed by atoms with Crippen molar-refractivity contribution in [2.45, 2.75) is 83.7 Å². The number of carboxylic acids is 1. The largest absolute Gasteiger partial charge is 0.481 e. The molecule has 0 bridgehead atoms. The molecule has 8 nitrogen and oxygen atoms in total. The predicted molar refractivity (Wildman–Crippen MR) is 137 cm³/mol. The highest BCUT2D eigenvalue weighted by atomic mass is 32.2. The molecular weight excluding hydrogens is 482 g/mol. The highest BCUT2D eigenvalue weighted by molar-refractivity contribution is 8.18. The van der Waals surface area contributed by atoms with Crippen LogP contribution in [0.1, 0.15) is 88.2 Å². The van der Waals surface area contributed by atoms with Gasteiger partial charge in [0.25, 0.3) is 11.1 Å². The lowest BCUT2D eigenvalue weighted by atomic mass is 9.87. The summed E-state index contributed by atoms with van der Waals surface area (Å²) >= 11 is 0.830. The second kappa shape index (κ2) is 14.2. The maximum Gasteiger partial charge on any atom is 0.311 e. The SMILES string of the molecule is O=C(CC1CCCCC1)Oc1ccc(/C=C2\SC(=O)NC2=O)cc1CO.O=C(O)CC1CCCCC1. The monoisotopic (exact) mass is 517 g/mol. The van der Waals surface area contributed by atoms with Gasteiger partial charge in [0.05, 0.1) is 11.5 Å². The van der Waals surface area contributed by atoms with E-state index in [4.69, 9.17) is 9.84 Å². The molecule has 0 radical (unpaired) electrons. The number of carbonyl (C=O) groups excluding carboxylic acids is 3. The molecule has 9 heteroatoms. The van der Waals surface area contributed by atoms with Crippen molar-refractivity contribution >= 4 is 40.9 Å². The van der Waals surface area contributed by atoms with Crippen LogP contribution in [0.5, 0.6) is 5.75 Å². The second-order valence-corrected chi connectivity index (χ2v) is 10.7. The Labute approximate surface area is 215 Å². The summed E-state index contributed by atoms with van der Waals surface area (Å²) in [5, 5.41) is 19.8. The average Bonchev–Trinajstić information content (AvgIpc) is 3.17. The molecule has 0 aromatic heterocycles. The molecule has 3 N–H and O–H groups in total. The maximum absolute atomic E-state index is 12.2. The fourth-order valence-electron chi connectivity index (χ4n) is 4.91. The lowest BCUT2D eigenvalue weighted by Gasteiger charge is -2.20. The summed E-state index contributed by atoms with van der Waals surface area (Å²) in [5.74, 6) is -0.163. The number of aliphatic hydroxyl groups excluding tert-OH is 1. The van der Waals surface area contributed by atoms with Gasteiger partial charge >= 0.3 is 11.9 Å². The van der Waals surface area contributed by atoms with Gasteiger partial charge in [0.2, 0.25) is 0 Å². The molecule has 1 aliphatic heterocycles. The van der Waals surface area contributed by atoms with E-state index >= 15 is 0 Å². The van der Waals surface area contributed by atoms with Crippen LogP contribution in [0, 0.1) is 11.8 Å². The van der Waals surface area contributed by atoms with Crippen LogP contribution in [0.25, 0.3) is 6.08 Å². The maximum atomic E-state index is 12.2. The van der Waals surface area contributed by atoms with Gasteiger partial charge in [-0.25, -0.2) is 0 Å². The number of hydrogen-bond donors (Lipinski definition) is 3. The molecule has 3 fully saturated rings. The quantitative estimate of drug-likeness (QED) is 0.248. The Morgan fingerprint density at radius 3 is 2.11 bits per heavy atom. The normalized spacial score (nSPS) is 20.0. The van der Waals surface area contributed by atoms with Crippen LogP contribution in [0.4, 0.5) is 4.79 Å². The van der Waals surface area contributed by atoms with Crippen LogP contribution in [-0.2, 0) is 21.0 Å². The number of nitrogens with one attached hydrogen (secondary N) is 1. The molecule has 36 heavy (non-hydrogen) atoms. The number of thioether (sulfide) groups is 1. The Hall–Kier alpha value is -2.65. The van der Waals surface area contributed by atoms with Crippen molar-refractivity contribution in [2.24, 2.45) is 11.8 Å². The van der Waals surface area contributed by atoms with Crippen molar-refractivity contribution < 1.29 is 34.1 Å². The summed E-state index contributed by atoms with van der Waals surface area (Å²) in [7, 11) is 0. The van der Waals surface area contributed by atoms with Gasteiger partial charge < -0.3 is 14.9 Å². The molecule has 1 aromatic carbocycles. The minimum atomic E-state index is -0.632. The van der Waals surface area contributed by atoms with Gasteiger partial charge in [-0.05, 0) is 73.1 Å². The molecule has 4 rings (SSSR count). The third kappa shape index (κ3) is 9.09. The third-order valence-electron chi connectivity index (χ3n) is 6.79. The molecule has 2 amide bonds. The Morgan fingerprint density at radius 1 is 0.972 bits per heavy atom. The number of carbonyl (C=O) groups is 4. The standard InChI is InChI=1S/C19H21NO5S.C8H14O2/c21-11-14-8-13(9-16-18(23)20-19(24)26-16)6-7-15(14)25-17(22)10-12-4-2-1-3-5-12;9-8(10)6-7-4-2-1-3-5-7/h6-9,12,21H,1-5,10-11H2,(H,20,23,24);7H,1-6H2,(H,9,10)/b16-9-;. The molecular formula is C27H35NO7S. The smallest absolute Gasteiger partial charge is 0.311 e. The lowest BCUT2D eigenvalue weighted by Crippen LogP contribution is -2.17. The predicted octanol–water partition coefficient (Wildman–Crippen LogP) is 5.42. The van der Waals surface area contributed by atoms with Gasteiger partial charge in [-0.3, -0.25) is 24.5 Å². The van der Waals surface area contributed by atoms with Gasteiger partial charge in [0, 0.05) is 18.4 Å². The van der Waals surface area contributed by atoms with Crippen molar-refractivity contribution in [3.8, 4) is 5.75 Å². The van der Waals surface area contributed by atoms with E-state index < -0.39 is 17.1 Å². The Morgan fingerprint density at radius 2 is 1.58 bits per heavy atom. The van der Waals surface area contributed by atoms with Gasteiger partial charge in [-0.15, -0.1) is 0 Å². The highest BCUT2D eigenvalue weighted by Gasteiger charge is 2.25. The van der Waals surface area contributed by atoms with Crippen molar-refractivity contribution in [1.82, 2.24) is 5.32 Å². The first-order valence-corrected chi connectivity index (χ1v) is 13.6. The first kappa shape index (κ1) is 27.9. The van der Waals surface area contributed by atoms with E-state index in [0.717, 1.165) is 50.3 Å². The molecule has 196 valence electrons. The second-order valence-electron chi connectivity index (χ2n) is 9.66. The lowest BCUT2D eigenvalue weighted by molar-refractivity contribution is -0.138. The van der Waals surface area contributed by atoms with Crippen LogP contribution in [-0.4, -0.2) is 33.3 Å². The summed E-state index contributed by atoms with van der Waals surface area (Å²) in [5.41, 5.74) is 1.11. The third-order valence-corrected chi connectivity index (χ3v) is 7.60. The fourth-order valence-corrected chi connectivity index (χ4v) is 5.60. The molecule has 1 saturated heterocycles. The van der Waals surface area contributed by atoms with E-state index in [1.165, 1.54) is 25.7 Å². The summed E-state index contributed by atoms with van der Waals surface area (Å²) in [6.45, 7) is -0.290. The van der Waals surface area contributed by atoms with Gasteiger partial charge in [-0.2, -0.15) is 0 Å². The Balaban J connectivity index is 0.000000303. The molecule has 1 heterocycles. The van der Waals surface area contributed by atoms with Crippen molar-refractivity contribution in [1.29, 1.82) is 0 Å². The van der Waals surface area contributed by atoms with E-state index in [1.54, 1.807) is 24.3 Å². The number of benzene rings is 1. The molecule has 1 aromatic rings. The molecule has 0 unspecified atom stereocenters.